The Morgan fingerprint density at radius 3 is 1.58 bits per heavy atom. The van der Waals surface area contributed by atoms with Gasteiger partial charge in [0, 0.05) is 8.95 Å². The number of benzene rings is 3. The lowest BCUT2D eigenvalue weighted by Crippen LogP contribution is -2.37. The molecule has 0 N–H and O–H groups in total. The van der Waals surface area contributed by atoms with E-state index in [4.69, 9.17) is 0 Å². The van der Waals surface area contributed by atoms with Crippen molar-refractivity contribution in [3.8, 4) is 0 Å². The number of hydrogen-bond donors (Lipinski definition) is 0. The van der Waals surface area contributed by atoms with E-state index in [1.165, 1.54) is 30.3 Å². The van der Waals surface area contributed by atoms with Crippen LogP contribution in [0.25, 0.3) is 0 Å². The summed E-state index contributed by atoms with van der Waals surface area (Å²) in [5.74, 6) is -0.0427. The van der Waals surface area contributed by atoms with E-state index in [0.29, 0.717) is 18.2 Å². The Bertz CT molecular complexity index is 1200. The second-order valence-corrected chi connectivity index (χ2v) is 12.6. The molecule has 0 saturated heterocycles. The predicted octanol–water partition coefficient (Wildman–Crippen LogP) is 6.31. The maximum absolute atomic E-state index is 13.7. The van der Waals surface area contributed by atoms with E-state index < -0.39 is 20.0 Å². The van der Waals surface area contributed by atoms with Gasteiger partial charge in [-0.1, -0.05) is 63.9 Å². The summed E-state index contributed by atoms with van der Waals surface area (Å²) in [6, 6.07) is 18.5. The average molecular weight is 587 g/mol. The van der Waals surface area contributed by atoms with Gasteiger partial charge in [0.1, 0.15) is 0 Å². The zero-order valence-electron chi connectivity index (χ0n) is 16.9. The molecule has 0 aliphatic carbocycles. The van der Waals surface area contributed by atoms with Crippen molar-refractivity contribution >= 4 is 57.6 Å². The quantitative estimate of drug-likeness (QED) is 0.325. The lowest BCUT2D eigenvalue weighted by molar-refractivity contribution is 0.583. The van der Waals surface area contributed by atoms with Crippen molar-refractivity contribution in [3.05, 3.63) is 87.3 Å². The van der Waals surface area contributed by atoms with Crippen LogP contribution in [0, 0.1) is 0 Å². The second-order valence-electron chi connectivity index (χ2n) is 6.98. The fourth-order valence-electron chi connectivity index (χ4n) is 3.08. The minimum absolute atomic E-state index is 0.0427. The lowest BCUT2D eigenvalue weighted by Gasteiger charge is -2.27. The molecule has 31 heavy (non-hydrogen) atoms. The smallest absolute Gasteiger partial charge is 0.200 e. The van der Waals surface area contributed by atoms with E-state index in [0.717, 1.165) is 6.42 Å². The highest BCUT2D eigenvalue weighted by atomic mass is 79.9. The van der Waals surface area contributed by atoms with Crippen LogP contribution in [-0.2, 0) is 20.0 Å². The fraction of sp³-hybridized carbons (Fsp3) is 0.182. The molecule has 0 bridgehead atoms. The summed E-state index contributed by atoms with van der Waals surface area (Å²) in [6.45, 7) is 3.91. The molecule has 3 rings (SSSR count). The molecule has 9 heteroatoms. The summed E-state index contributed by atoms with van der Waals surface area (Å²) in [6.07, 6.45) is 0.724. The van der Waals surface area contributed by atoms with Crippen LogP contribution < -0.4 is 3.71 Å². The first-order valence-corrected chi connectivity index (χ1v) is 14.0. The SMILES string of the molecule is CC[C@H](C)c1ccccc1N(S(=O)(=O)c1ccc(Br)cc1)S(=O)(=O)c1ccc(Br)cc1. The van der Waals surface area contributed by atoms with E-state index in [-0.39, 0.29) is 21.4 Å². The van der Waals surface area contributed by atoms with Gasteiger partial charge in [-0.2, -0.15) is 3.71 Å². The van der Waals surface area contributed by atoms with Crippen LogP contribution in [0.5, 0.6) is 0 Å². The van der Waals surface area contributed by atoms with Crippen molar-refractivity contribution < 1.29 is 16.8 Å². The first-order valence-electron chi connectivity index (χ1n) is 9.49. The molecule has 0 saturated carbocycles. The van der Waals surface area contributed by atoms with Crippen molar-refractivity contribution in [2.24, 2.45) is 0 Å². The van der Waals surface area contributed by atoms with Gasteiger partial charge in [-0.15, -0.1) is 0 Å². The van der Waals surface area contributed by atoms with E-state index in [1.807, 2.05) is 13.8 Å². The number of nitrogens with zero attached hydrogens (tertiary/aromatic N) is 1. The fourth-order valence-corrected chi connectivity index (χ4v) is 7.36. The molecule has 0 radical (unpaired) electrons. The first kappa shape index (κ1) is 24.0. The molecular weight excluding hydrogens is 566 g/mol. The van der Waals surface area contributed by atoms with Crippen LogP contribution in [0.3, 0.4) is 0 Å². The third-order valence-corrected chi connectivity index (χ3v) is 10.2. The molecule has 0 fully saturated rings. The Hall–Kier alpha value is -1.68. The molecule has 1 atom stereocenters. The molecule has 0 spiro atoms. The summed E-state index contributed by atoms with van der Waals surface area (Å²) in [7, 11) is -8.88. The number of para-hydroxylation sites is 1. The van der Waals surface area contributed by atoms with Crippen molar-refractivity contribution in [3.63, 3.8) is 0 Å². The van der Waals surface area contributed by atoms with Crippen LogP contribution in [0.2, 0.25) is 0 Å². The van der Waals surface area contributed by atoms with Crippen LogP contribution in [0.4, 0.5) is 5.69 Å². The van der Waals surface area contributed by atoms with E-state index in [1.54, 1.807) is 42.5 Å². The van der Waals surface area contributed by atoms with Gasteiger partial charge >= 0.3 is 0 Å². The molecule has 5 nitrogen and oxygen atoms in total. The summed E-state index contributed by atoms with van der Waals surface area (Å²) < 4.78 is 56.8. The average Bonchev–Trinajstić information content (AvgIpc) is 2.74. The minimum Gasteiger partial charge on any atom is -0.200 e. The Morgan fingerprint density at radius 1 is 0.742 bits per heavy atom. The molecule has 0 amide bonds. The molecular formula is C22H21Br2NO4S2. The third kappa shape index (κ3) is 4.89. The molecule has 3 aromatic carbocycles. The van der Waals surface area contributed by atoms with Crippen LogP contribution >= 0.6 is 31.9 Å². The first-order chi connectivity index (χ1) is 14.6. The second kappa shape index (κ2) is 9.44. The summed E-state index contributed by atoms with van der Waals surface area (Å²) >= 11 is 6.57. The van der Waals surface area contributed by atoms with Crippen LogP contribution in [0.1, 0.15) is 31.7 Å². The number of hydrogen-bond acceptors (Lipinski definition) is 4. The number of anilines is 1. The van der Waals surface area contributed by atoms with Gasteiger partial charge in [-0.25, -0.2) is 16.8 Å². The van der Waals surface area contributed by atoms with Gasteiger partial charge in [-0.3, -0.25) is 0 Å². The van der Waals surface area contributed by atoms with Gasteiger partial charge < -0.3 is 0 Å². The monoisotopic (exact) mass is 585 g/mol. The maximum atomic E-state index is 13.7. The molecule has 0 unspecified atom stereocenters. The zero-order chi connectivity index (χ0) is 22.8. The van der Waals surface area contributed by atoms with Crippen molar-refractivity contribution in [2.75, 3.05) is 3.71 Å². The topological polar surface area (TPSA) is 71.5 Å². The Labute approximate surface area is 200 Å². The lowest BCUT2D eigenvalue weighted by atomic mass is 9.97. The van der Waals surface area contributed by atoms with Crippen LogP contribution in [-0.4, -0.2) is 16.8 Å². The van der Waals surface area contributed by atoms with E-state index >= 15 is 0 Å². The van der Waals surface area contributed by atoms with Gasteiger partial charge in [0.05, 0.1) is 15.5 Å². The Morgan fingerprint density at radius 2 is 1.16 bits per heavy atom. The third-order valence-electron chi connectivity index (χ3n) is 4.94. The van der Waals surface area contributed by atoms with Crippen molar-refractivity contribution in [2.45, 2.75) is 36.0 Å². The molecule has 0 aliphatic rings. The van der Waals surface area contributed by atoms with Crippen LogP contribution in [0.15, 0.2) is 91.5 Å². The number of halogens is 2. The Balaban J connectivity index is 2.33. The zero-order valence-corrected chi connectivity index (χ0v) is 21.7. The highest BCUT2D eigenvalue weighted by Crippen LogP contribution is 2.37. The molecule has 3 aromatic rings. The maximum Gasteiger partial charge on any atom is 0.277 e. The highest BCUT2D eigenvalue weighted by Gasteiger charge is 2.38. The van der Waals surface area contributed by atoms with E-state index in [2.05, 4.69) is 31.9 Å². The largest absolute Gasteiger partial charge is 0.277 e. The number of sulfonamides is 2. The normalized spacial score (nSPS) is 13.0. The minimum atomic E-state index is -4.44. The summed E-state index contributed by atoms with van der Waals surface area (Å²) in [5.41, 5.74) is 0.772. The van der Waals surface area contributed by atoms with Crippen molar-refractivity contribution in [1.29, 1.82) is 0 Å². The van der Waals surface area contributed by atoms with E-state index in [9.17, 15) is 16.8 Å². The predicted molar refractivity (Wildman–Crippen MR) is 130 cm³/mol. The molecule has 0 aromatic heterocycles. The standard InChI is InChI=1S/C22H21Br2NO4S2/c1-3-16(2)21-6-4-5-7-22(21)25(30(26,27)19-12-8-17(23)9-13-19)31(28,29)20-14-10-18(24)11-15-20/h4-16H,3H2,1-2H3/t16-/m0/s1. The summed E-state index contributed by atoms with van der Waals surface area (Å²) in [4.78, 5) is -0.231. The summed E-state index contributed by atoms with van der Waals surface area (Å²) in [5, 5.41) is 0. The molecule has 0 heterocycles. The Kier molecular flexibility index (Phi) is 7.30. The van der Waals surface area contributed by atoms with Gasteiger partial charge in [0.2, 0.25) is 0 Å². The number of rotatable bonds is 7. The van der Waals surface area contributed by atoms with Gasteiger partial charge in [0.15, 0.2) is 0 Å². The highest BCUT2D eigenvalue weighted by molar-refractivity contribution is 9.10. The van der Waals surface area contributed by atoms with Gasteiger partial charge in [0.25, 0.3) is 20.0 Å². The van der Waals surface area contributed by atoms with Crippen molar-refractivity contribution in [1.82, 2.24) is 0 Å². The van der Waals surface area contributed by atoms with Gasteiger partial charge in [-0.05, 0) is 72.5 Å². The molecule has 164 valence electrons. The molecule has 0 aliphatic heterocycles.